The fourth-order valence-electron chi connectivity index (χ4n) is 1.26. The third kappa shape index (κ3) is 1.67. The Hall–Kier alpha value is -0.670. The fraction of sp³-hybridized carbons (Fsp3) is 0.857. The number of carboxylic acid groups (broad SMARTS) is 1. The number of rotatable bonds is 2. The predicted octanol–water partition coefficient (Wildman–Crippen LogP) is 1.75. The number of hydrogen-bond donors (Lipinski definition) is 1. The van der Waals surface area contributed by atoms with E-state index in [1.165, 1.54) is 6.92 Å². The van der Waals surface area contributed by atoms with E-state index in [2.05, 4.69) is 0 Å². The maximum atomic E-state index is 12.2. The van der Waals surface area contributed by atoms with Gasteiger partial charge in [-0.3, -0.25) is 4.79 Å². The van der Waals surface area contributed by atoms with Crippen LogP contribution in [0.15, 0.2) is 0 Å². The van der Waals surface area contributed by atoms with Crippen LogP contribution < -0.4 is 0 Å². The Kier molecular flexibility index (Phi) is 1.86. The number of carboxylic acids is 1. The van der Waals surface area contributed by atoms with Gasteiger partial charge in [-0.2, -0.15) is 0 Å². The average Bonchev–Trinajstić information content (AvgIpc) is 1.80. The Balaban J connectivity index is 2.38. The van der Waals surface area contributed by atoms with Gasteiger partial charge in [0.15, 0.2) is 0 Å². The van der Waals surface area contributed by atoms with Crippen molar-refractivity contribution in [3.05, 3.63) is 0 Å². The van der Waals surface area contributed by atoms with Crippen molar-refractivity contribution in [2.24, 2.45) is 11.8 Å². The monoisotopic (exact) mass is 164 g/mol. The molecule has 0 aromatic carbocycles. The van der Waals surface area contributed by atoms with Crippen molar-refractivity contribution in [3.63, 3.8) is 0 Å². The summed E-state index contributed by atoms with van der Waals surface area (Å²) in [5.41, 5.74) is 0. The zero-order chi connectivity index (χ0) is 8.65. The Morgan fingerprint density at radius 2 is 2.09 bits per heavy atom. The zero-order valence-corrected chi connectivity index (χ0v) is 6.18. The Bertz CT molecular complexity index is 171. The quantitative estimate of drug-likeness (QED) is 0.675. The van der Waals surface area contributed by atoms with E-state index in [1.54, 1.807) is 0 Å². The molecule has 11 heavy (non-hydrogen) atoms. The van der Waals surface area contributed by atoms with Gasteiger partial charge in [0.1, 0.15) is 0 Å². The summed E-state index contributed by atoms with van der Waals surface area (Å²) in [7, 11) is 0. The molecule has 2 nitrogen and oxygen atoms in total. The molecule has 1 saturated carbocycles. The first-order chi connectivity index (χ1) is 4.92. The predicted molar refractivity (Wildman–Crippen MR) is 34.5 cm³/mol. The van der Waals surface area contributed by atoms with Crippen LogP contribution >= 0.6 is 0 Å². The third-order valence-corrected chi connectivity index (χ3v) is 2.22. The summed E-state index contributed by atoms with van der Waals surface area (Å²) in [4.78, 5) is 10.3. The van der Waals surface area contributed by atoms with Crippen LogP contribution in [0.25, 0.3) is 0 Å². The highest BCUT2D eigenvalue weighted by Gasteiger charge is 2.48. The van der Waals surface area contributed by atoms with Crippen LogP contribution in [-0.2, 0) is 4.79 Å². The SMILES string of the molecule is CC(C(=O)O)C1CC(F)(F)C1. The zero-order valence-electron chi connectivity index (χ0n) is 6.18. The summed E-state index contributed by atoms with van der Waals surface area (Å²) < 4.78 is 24.4. The van der Waals surface area contributed by atoms with Gasteiger partial charge in [-0.05, 0) is 5.92 Å². The molecule has 64 valence electrons. The van der Waals surface area contributed by atoms with Crippen molar-refractivity contribution in [1.29, 1.82) is 0 Å². The van der Waals surface area contributed by atoms with Crippen molar-refractivity contribution in [1.82, 2.24) is 0 Å². The highest BCUT2D eigenvalue weighted by Crippen LogP contribution is 2.45. The van der Waals surface area contributed by atoms with Crippen molar-refractivity contribution < 1.29 is 18.7 Å². The molecule has 1 fully saturated rings. The second-order valence-electron chi connectivity index (χ2n) is 3.15. The molecular formula is C7H10F2O2. The maximum Gasteiger partial charge on any atom is 0.306 e. The van der Waals surface area contributed by atoms with Gasteiger partial charge in [-0.1, -0.05) is 6.92 Å². The normalized spacial score (nSPS) is 25.7. The lowest BCUT2D eigenvalue weighted by Crippen LogP contribution is -2.41. The number of alkyl halides is 2. The standard InChI is InChI=1S/C7H10F2O2/c1-4(6(10)11)5-2-7(8,9)3-5/h4-5H,2-3H2,1H3,(H,10,11). The molecule has 4 heteroatoms. The van der Waals surface area contributed by atoms with Gasteiger partial charge in [-0.15, -0.1) is 0 Å². The van der Waals surface area contributed by atoms with Gasteiger partial charge in [0.25, 0.3) is 0 Å². The van der Waals surface area contributed by atoms with E-state index < -0.39 is 17.8 Å². The maximum absolute atomic E-state index is 12.2. The summed E-state index contributed by atoms with van der Waals surface area (Å²) in [6.45, 7) is 1.47. The smallest absolute Gasteiger partial charge is 0.306 e. The van der Waals surface area contributed by atoms with Crippen LogP contribution in [0.2, 0.25) is 0 Å². The average molecular weight is 164 g/mol. The Labute approximate surface area is 63.2 Å². The molecule has 1 rings (SSSR count). The largest absolute Gasteiger partial charge is 0.481 e. The van der Waals surface area contributed by atoms with Crippen molar-refractivity contribution >= 4 is 5.97 Å². The van der Waals surface area contributed by atoms with Crippen molar-refractivity contribution in [2.45, 2.75) is 25.7 Å². The molecule has 0 radical (unpaired) electrons. The minimum absolute atomic E-state index is 0.263. The number of carbonyl (C=O) groups is 1. The summed E-state index contributed by atoms with van der Waals surface area (Å²) in [6.07, 6.45) is -0.527. The lowest BCUT2D eigenvalue weighted by Gasteiger charge is -2.37. The molecule has 1 atom stereocenters. The van der Waals surface area contributed by atoms with E-state index in [9.17, 15) is 13.6 Å². The number of halogens is 2. The van der Waals surface area contributed by atoms with Crippen molar-refractivity contribution in [2.75, 3.05) is 0 Å². The summed E-state index contributed by atoms with van der Waals surface area (Å²) in [6, 6.07) is 0. The third-order valence-electron chi connectivity index (χ3n) is 2.22. The summed E-state index contributed by atoms with van der Waals surface area (Å²) >= 11 is 0. The van der Waals surface area contributed by atoms with Crippen LogP contribution in [0.5, 0.6) is 0 Å². The summed E-state index contributed by atoms with van der Waals surface area (Å²) in [5, 5.41) is 8.44. The second-order valence-corrected chi connectivity index (χ2v) is 3.15. The molecule has 1 aliphatic carbocycles. The molecule has 1 N–H and O–H groups in total. The molecule has 0 bridgehead atoms. The van der Waals surface area contributed by atoms with E-state index in [1.807, 2.05) is 0 Å². The molecule has 0 aromatic rings. The van der Waals surface area contributed by atoms with E-state index >= 15 is 0 Å². The van der Waals surface area contributed by atoms with Crippen LogP contribution in [-0.4, -0.2) is 17.0 Å². The molecule has 0 amide bonds. The van der Waals surface area contributed by atoms with E-state index in [4.69, 9.17) is 5.11 Å². The van der Waals surface area contributed by atoms with Gasteiger partial charge in [0, 0.05) is 12.8 Å². The van der Waals surface area contributed by atoms with Gasteiger partial charge in [-0.25, -0.2) is 8.78 Å². The molecule has 0 aromatic heterocycles. The van der Waals surface area contributed by atoms with E-state index in [0.29, 0.717) is 0 Å². The van der Waals surface area contributed by atoms with Crippen LogP contribution in [0.4, 0.5) is 8.78 Å². The van der Waals surface area contributed by atoms with Crippen LogP contribution in [0.3, 0.4) is 0 Å². The van der Waals surface area contributed by atoms with Gasteiger partial charge >= 0.3 is 5.97 Å². The lowest BCUT2D eigenvalue weighted by atomic mass is 9.74. The van der Waals surface area contributed by atoms with Gasteiger partial charge < -0.3 is 5.11 Å². The van der Waals surface area contributed by atoms with Crippen LogP contribution in [0.1, 0.15) is 19.8 Å². The van der Waals surface area contributed by atoms with E-state index in [-0.39, 0.29) is 18.8 Å². The Morgan fingerprint density at radius 3 is 2.36 bits per heavy atom. The molecular weight excluding hydrogens is 154 g/mol. The Morgan fingerprint density at radius 1 is 1.64 bits per heavy atom. The van der Waals surface area contributed by atoms with Gasteiger partial charge in [0.2, 0.25) is 5.92 Å². The number of hydrogen-bond acceptors (Lipinski definition) is 1. The topological polar surface area (TPSA) is 37.3 Å². The molecule has 0 aliphatic heterocycles. The molecule has 1 aliphatic rings. The molecule has 1 unspecified atom stereocenters. The molecule has 0 spiro atoms. The van der Waals surface area contributed by atoms with Crippen LogP contribution in [0, 0.1) is 11.8 Å². The lowest BCUT2D eigenvalue weighted by molar-refractivity contribution is -0.157. The van der Waals surface area contributed by atoms with E-state index in [0.717, 1.165) is 0 Å². The van der Waals surface area contributed by atoms with Crippen molar-refractivity contribution in [3.8, 4) is 0 Å². The molecule has 0 heterocycles. The minimum Gasteiger partial charge on any atom is -0.481 e. The second kappa shape index (κ2) is 2.43. The van der Waals surface area contributed by atoms with Gasteiger partial charge in [0.05, 0.1) is 5.92 Å². The highest BCUT2D eigenvalue weighted by atomic mass is 19.3. The number of aliphatic carboxylic acids is 1. The first-order valence-corrected chi connectivity index (χ1v) is 3.53. The summed E-state index contributed by atoms with van der Waals surface area (Å²) in [5.74, 6) is -4.54. The first kappa shape index (κ1) is 8.43. The molecule has 0 saturated heterocycles. The first-order valence-electron chi connectivity index (χ1n) is 3.53. The highest BCUT2D eigenvalue weighted by molar-refractivity contribution is 5.70. The minimum atomic E-state index is -2.60. The fourth-order valence-corrected chi connectivity index (χ4v) is 1.26.